The number of thioether (sulfide) groups is 1. The lowest BCUT2D eigenvalue weighted by Crippen LogP contribution is -2.17. The van der Waals surface area contributed by atoms with Crippen molar-refractivity contribution in [2.45, 2.75) is 5.16 Å². The molecule has 0 saturated heterocycles. The minimum atomic E-state index is -0.863. The lowest BCUT2D eigenvalue weighted by atomic mass is 10.1. The average molecular weight is 462 g/mol. The van der Waals surface area contributed by atoms with Crippen molar-refractivity contribution in [3.05, 3.63) is 65.2 Å². The molecule has 0 spiro atoms. The Labute approximate surface area is 183 Å². The van der Waals surface area contributed by atoms with E-state index in [9.17, 15) is 13.6 Å². The fourth-order valence-electron chi connectivity index (χ4n) is 2.67. The van der Waals surface area contributed by atoms with Crippen LogP contribution in [0, 0.1) is 11.6 Å². The summed E-state index contributed by atoms with van der Waals surface area (Å²) >= 11 is 6.91. The highest BCUT2D eigenvalue weighted by Gasteiger charge is 2.17. The number of rotatable bonds is 6. The fraction of sp³-hybridized carbons (Fsp3) is 0.0526. The van der Waals surface area contributed by atoms with Gasteiger partial charge in [0.2, 0.25) is 16.9 Å². The van der Waals surface area contributed by atoms with E-state index < -0.39 is 17.5 Å². The second kappa shape index (κ2) is 8.74. The molecule has 4 N–H and O–H groups in total. The summed E-state index contributed by atoms with van der Waals surface area (Å²) in [6, 6.07) is 11.8. The number of nitrogens with two attached hydrogens (primary N) is 1. The molecule has 0 bridgehead atoms. The van der Waals surface area contributed by atoms with E-state index in [2.05, 4.69) is 25.7 Å². The first-order chi connectivity index (χ1) is 14.9. The van der Waals surface area contributed by atoms with E-state index in [1.165, 1.54) is 4.68 Å². The van der Waals surface area contributed by atoms with Crippen molar-refractivity contribution >= 4 is 35.0 Å². The van der Waals surface area contributed by atoms with Gasteiger partial charge in [0.25, 0.3) is 0 Å². The summed E-state index contributed by atoms with van der Waals surface area (Å²) in [5.41, 5.74) is 1.94. The third-order valence-corrected chi connectivity index (χ3v) is 5.36. The molecule has 12 heteroatoms. The van der Waals surface area contributed by atoms with Gasteiger partial charge >= 0.3 is 0 Å². The molecule has 1 amide bonds. The van der Waals surface area contributed by atoms with Crippen LogP contribution in [-0.4, -0.2) is 36.7 Å². The van der Waals surface area contributed by atoms with Crippen molar-refractivity contribution in [2.24, 2.45) is 0 Å². The monoisotopic (exact) mass is 461 g/mol. The van der Waals surface area contributed by atoms with E-state index in [0.29, 0.717) is 28.3 Å². The maximum Gasteiger partial charge on any atom is 0.234 e. The molecule has 158 valence electrons. The number of aromatic amines is 1. The quantitative estimate of drug-likeness (QED) is 0.298. The first kappa shape index (κ1) is 20.8. The Kier molecular flexibility index (Phi) is 5.87. The second-order valence-electron chi connectivity index (χ2n) is 6.31. The van der Waals surface area contributed by atoms with Crippen molar-refractivity contribution in [3.8, 4) is 22.8 Å². The minimum absolute atomic E-state index is 0.106. The molecule has 4 rings (SSSR count). The van der Waals surface area contributed by atoms with E-state index in [-0.39, 0.29) is 16.6 Å². The SMILES string of the molecule is Nn1c(SCC(=O)Nc2ccc(F)cc2F)nnc1-c1cc(-c2ccc(Cl)cc2)n[nH]1. The standard InChI is InChI=1S/C19H14ClF2N7OS/c20-11-3-1-10(2-4-11)15-8-16(26-25-15)18-27-28-19(29(18)23)31-9-17(30)24-14-6-5-12(21)7-13(14)22/h1-8H,9,23H2,(H,24,30)(H,25,26). The lowest BCUT2D eigenvalue weighted by Gasteiger charge is -2.06. The van der Waals surface area contributed by atoms with E-state index in [4.69, 9.17) is 17.4 Å². The minimum Gasteiger partial charge on any atom is -0.335 e. The summed E-state index contributed by atoms with van der Waals surface area (Å²) in [7, 11) is 0. The van der Waals surface area contributed by atoms with Crippen LogP contribution in [0.5, 0.6) is 0 Å². The van der Waals surface area contributed by atoms with Gasteiger partial charge in [0.05, 0.1) is 17.1 Å². The summed E-state index contributed by atoms with van der Waals surface area (Å²) in [6.45, 7) is 0. The zero-order valence-electron chi connectivity index (χ0n) is 15.6. The number of aromatic nitrogens is 5. The Bertz CT molecular complexity index is 1240. The largest absolute Gasteiger partial charge is 0.335 e. The molecule has 0 unspecified atom stereocenters. The van der Waals surface area contributed by atoms with Crippen LogP contribution in [0.2, 0.25) is 5.02 Å². The molecule has 0 aliphatic carbocycles. The second-order valence-corrected chi connectivity index (χ2v) is 7.69. The highest BCUT2D eigenvalue weighted by molar-refractivity contribution is 7.99. The number of anilines is 1. The third kappa shape index (κ3) is 4.67. The summed E-state index contributed by atoms with van der Waals surface area (Å²) in [5.74, 6) is 4.17. The number of halogens is 3. The Balaban J connectivity index is 1.42. The van der Waals surface area contributed by atoms with Crippen molar-refractivity contribution < 1.29 is 13.6 Å². The van der Waals surface area contributed by atoms with Crippen LogP contribution in [0.3, 0.4) is 0 Å². The Morgan fingerprint density at radius 1 is 1.16 bits per heavy atom. The van der Waals surface area contributed by atoms with E-state index in [1.807, 2.05) is 12.1 Å². The normalized spacial score (nSPS) is 10.9. The molecule has 8 nitrogen and oxygen atoms in total. The fourth-order valence-corrected chi connectivity index (χ4v) is 3.45. The molecule has 0 fully saturated rings. The Morgan fingerprint density at radius 3 is 2.68 bits per heavy atom. The highest BCUT2D eigenvalue weighted by atomic mass is 35.5. The molecule has 2 heterocycles. The van der Waals surface area contributed by atoms with Gasteiger partial charge in [0.1, 0.15) is 17.3 Å². The van der Waals surface area contributed by atoms with Gasteiger partial charge in [-0.1, -0.05) is 35.5 Å². The molecule has 2 aromatic carbocycles. The maximum atomic E-state index is 13.6. The third-order valence-electron chi connectivity index (χ3n) is 4.16. The van der Waals surface area contributed by atoms with Crippen LogP contribution >= 0.6 is 23.4 Å². The molecule has 0 aliphatic heterocycles. The van der Waals surface area contributed by atoms with Gasteiger partial charge in [-0.15, -0.1) is 10.2 Å². The predicted molar refractivity (Wildman–Crippen MR) is 114 cm³/mol. The number of nitrogens with one attached hydrogen (secondary N) is 2. The number of hydrogen-bond donors (Lipinski definition) is 3. The van der Waals surface area contributed by atoms with Crippen LogP contribution in [0.4, 0.5) is 14.5 Å². The number of amides is 1. The van der Waals surface area contributed by atoms with Gasteiger partial charge < -0.3 is 11.2 Å². The zero-order valence-corrected chi connectivity index (χ0v) is 17.2. The van der Waals surface area contributed by atoms with Crippen LogP contribution in [0.15, 0.2) is 53.7 Å². The number of hydrogen-bond acceptors (Lipinski definition) is 6. The molecular weight excluding hydrogens is 448 g/mol. The molecule has 0 aliphatic rings. The smallest absolute Gasteiger partial charge is 0.234 e. The molecule has 31 heavy (non-hydrogen) atoms. The van der Waals surface area contributed by atoms with Gasteiger partial charge in [-0.2, -0.15) is 5.10 Å². The molecular formula is C19H14ClF2N7OS. The number of carbonyl (C=O) groups is 1. The zero-order chi connectivity index (χ0) is 22.0. The van der Waals surface area contributed by atoms with Gasteiger partial charge in [-0.25, -0.2) is 13.5 Å². The van der Waals surface area contributed by atoms with Gasteiger partial charge in [-0.05, 0) is 30.3 Å². The average Bonchev–Trinajstić information content (AvgIpc) is 3.36. The lowest BCUT2D eigenvalue weighted by molar-refractivity contribution is -0.113. The molecule has 0 atom stereocenters. The van der Waals surface area contributed by atoms with Crippen LogP contribution < -0.4 is 11.2 Å². The van der Waals surface area contributed by atoms with E-state index in [1.54, 1.807) is 18.2 Å². The topological polar surface area (TPSA) is 115 Å². The van der Waals surface area contributed by atoms with E-state index in [0.717, 1.165) is 29.5 Å². The number of H-pyrrole nitrogens is 1. The van der Waals surface area contributed by atoms with Gasteiger partial charge in [-0.3, -0.25) is 9.89 Å². The maximum absolute atomic E-state index is 13.6. The van der Waals surface area contributed by atoms with Crippen molar-refractivity contribution in [3.63, 3.8) is 0 Å². The predicted octanol–water partition coefficient (Wildman–Crippen LogP) is 3.71. The van der Waals surface area contributed by atoms with Crippen molar-refractivity contribution in [1.82, 2.24) is 25.1 Å². The number of carbonyl (C=O) groups excluding carboxylic acids is 1. The van der Waals surface area contributed by atoms with Gasteiger partial charge in [0, 0.05) is 16.7 Å². The summed E-state index contributed by atoms with van der Waals surface area (Å²) in [6.07, 6.45) is 0. The molecule has 0 saturated carbocycles. The summed E-state index contributed by atoms with van der Waals surface area (Å²) < 4.78 is 27.8. The first-order valence-corrected chi connectivity index (χ1v) is 10.2. The Morgan fingerprint density at radius 2 is 1.94 bits per heavy atom. The van der Waals surface area contributed by atoms with Crippen LogP contribution in [0.1, 0.15) is 0 Å². The summed E-state index contributed by atoms with van der Waals surface area (Å²) in [5, 5.41) is 18.4. The van der Waals surface area contributed by atoms with Crippen molar-refractivity contribution in [1.29, 1.82) is 0 Å². The number of nitrogen functional groups attached to an aromatic ring is 1. The van der Waals surface area contributed by atoms with Crippen LogP contribution in [0.25, 0.3) is 22.8 Å². The number of benzene rings is 2. The molecule has 2 aromatic heterocycles. The molecule has 0 radical (unpaired) electrons. The van der Waals surface area contributed by atoms with E-state index >= 15 is 0 Å². The number of nitrogens with zero attached hydrogens (tertiary/aromatic N) is 4. The van der Waals surface area contributed by atoms with Crippen LogP contribution in [-0.2, 0) is 4.79 Å². The summed E-state index contributed by atoms with van der Waals surface area (Å²) in [4.78, 5) is 12.1. The Hall–Kier alpha value is -3.44. The van der Waals surface area contributed by atoms with Crippen molar-refractivity contribution in [2.75, 3.05) is 16.9 Å². The first-order valence-electron chi connectivity index (χ1n) is 8.80. The highest BCUT2D eigenvalue weighted by Crippen LogP contribution is 2.25. The van der Waals surface area contributed by atoms with Gasteiger partial charge in [0.15, 0.2) is 0 Å². The molecule has 4 aromatic rings.